The second-order valence-electron chi connectivity index (χ2n) is 3.53. The molecule has 0 spiro atoms. The van der Waals surface area contributed by atoms with Crippen molar-refractivity contribution < 1.29 is 9.90 Å². The fourth-order valence-electron chi connectivity index (χ4n) is 1.46. The van der Waals surface area contributed by atoms with Crippen molar-refractivity contribution in [2.24, 2.45) is 0 Å². The highest BCUT2D eigenvalue weighted by atomic mass is 16.3. The first-order valence-corrected chi connectivity index (χ1v) is 5.20. The van der Waals surface area contributed by atoms with Crippen LogP contribution in [0.4, 0.5) is 5.69 Å². The average Bonchev–Trinajstić information content (AvgIpc) is 2.31. The third-order valence-corrected chi connectivity index (χ3v) is 2.28. The van der Waals surface area contributed by atoms with E-state index in [1.165, 1.54) is 17.0 Å². The molecule has 4 heteroatoms. The molecule has 90 valence electrons. The van der Waals surface area contributed by atoms with Crippen LogP contribution in [0.5, 0.6) is 5.75 Å². The molecule has 1 rings (SSSR count). The minimum absolute atomic E-state index is 0.185. The van der Waals surface area contributed by atoms with Gasteiger partial charge in [0.15, 0.2) is 5.75 Å². The van der Waals surface area contributed by atoms with Crippen molar-refractivity contribution in [2.75, 3.05) is 18.8 Å². The highest BCUT2D eigenvalue weighted by Crippen LogP contribution is 2.25. The van der Waals surface area contributed by atoms with Crippen molar-refractivity contribution in [1.82, 2.24) is 4.90 Å². The van der Waals surface area contributed by atoms with E-state index in [9.17, 15) is 9.90 Å². The van der Waals surface area contributed by atoms with E-state index in [0.717, 1.165) is 0 Å². The van der Waals surface area contributed by atoms with Gasteiger partial charge in [0.25, 0.3) is 5.91 Å². The van der Waals surface area contributed by atoms with Crippen LogP contribution in [0.1, 0.15) is 10.4 Å². The lowest BCUT2D eigenvalue weighted by Gasteiger charge is -2.20. The predicted molar refractivity (Wildman–Crippen MR) is 68.8 cm³/mol. The molecule has 0 aliphatic heterocycles. The summed E-state index contributed by atoms with van der Waals surface area (Å²) in [7, 11) is 0. The summed E-state index contributed by atoms with van der Waals surface area (Å²) in [5.41, 5.74) is 5.92. The fourth-order valence-corrected chi connectivity index (χ4v) is 1.46. The molecule has 0 aromatic heterocycles. The Morgan fingerprint density at radius 2 is 1.94 bits per heavy atom. The predicted octanol–water partition coefficient (Wildman–Crippen LogP) is 1.79. The molecule has 0 aliphatic carbocycles. The molecule has 0 saturated carbocycles. The molecule has 0 bridgehead atoms. The van der Waals surface area contributed by atoms with Crippen molar-refractivity contribution in [3.63, 3.8) is 0 Å². The number of hydrogen-bond acceptors (Lipinski definition) is 3. The number of anilines is 1. The Kier molecular flexibility index (Phi) is 4.34. The van der Waals surface area contributed by atoms with Crippen LogP contribution in [0, 0.1) is 0 Å². The number of phenols is 1. The van der Waals surface area contributed by atoms with Gasteiger partial charge in [0.2, 0.25) is 0 Å². The number of rotatable bonds is 5. The number of amides is 1. The summed E-state index contributed by atoms with van der Waals surface area (Å²) in [6, 6.07) is 4.70. The second kappa shape index (κ2) is 5.75. The maximum absolute atomic E-state index is 12.1. The Labute approximate surface area is 101 Å². The highest BCUT2D eigenvalue weighted by Gasteiger charge is 2.17. The number of nitrogens with zero attached hydrogens (tertiary/aromatic N) is 1. The standard InChI is InChI=1S/C13H16N2O2/c1-3-8-15(9-4-2)13(17)10-6-5-7-11(14)12(10)16/h3-7,16H,1-2,8-9,14H2. The van der Waals surface area contributed by atoms with Gasteiger partial charge in [-0.25, -0.2) is 0 Å². The van der Waals surface area contributed by atoms with Gasteiger partial charge in [-0.05, 0) is 12.1 Å². The maximum atomic E-state index is 12.1. The van der Waals surface area contributed by atoms with Gasteiger partial charge in [-0.15, -0.1) is 13.2 Å². The SMILES string of the molecule is C=CCN(CC=C)C(=O)c1cccc(N)c1O. The summed E-state index contributed by atoms with van der Waals surface area (Å²) in [6.07, 6.45) is 3.23. The monoisotopic (exact) mass is 232 g/mol. The number of para-hydroxylation sites is 1. The molecular weight excluding hydrogens is 216 g/mol. The van der Waals surface area contributed by atoms with E-state index < -0.39 is 0 Å². The number of aromatic hydroxyl groups is 1. The van der Waals surface area contributed by atoms with Crippen LogP contribution in [0.2, 0.25) is 0 Å². The van der Waals surface area contributed by atoms with Crippen LogP contribution < -0.4 is 5.73 Å². The highest BCUT2D eigenvalue weighted by molar-refractivity contribution is 5.98. The van der Waals surface area contributed by atoms with Gasteiger partial charge < -0.3 is 15.7 Å². The molecule has 3 N–H and O–H groups in total. The lowest BCUT2D eigenvalue weighted by atomic mass is 10.1. The molecular formula is C13H16N2O2. The van der Waals surface area contributed by atoms with E-state index in [-0.39, 0.29) is 22.9 Å². The zero-order valence-electron chi connectivity index (χ0n) is 9.60. The van der Waals surface area contributed by atoms with E-state index in [1.807, 2.05) is 0 Å². The molecule has 0 heterocycles. The third-order valence-electron chi connectivity index (χ3n) is 2.28. The van der Waals surface area contributed by atoms with Crippen LogP contribution >= 0.6 is 0 Å². The molecule has 1 aromatic rings. The normalized spacial score (nSPS) is 9.65. The van der Waals surface area contributed by atoms with Gasteiger partial charge in [0, 0.05) is 13.1 Å². The van der Waals surface area contributed by atoms with Crippen LogP contribution in [0.15, 0.2) is 43.5 Å². The van der Waals surface area contributed by atoms with Crippen LogP contribution in [0.3, 0.4) is 0 Å². The first-order valence-electron chi connectivity index (χ1n) is 5.20. The number of benzene rings is 1. The molecule has 1 aromatic carbocycles. The first kappa shape index (κ1) is 12.8. The maximum Gasteiger partial charge on any atom is 0.258 e. The Bertz CT molecular complexity index is 431. The van der Waals surface area contributed by atoms with Gasteiger partial charge >= 0.3 is 0 Å². The smallest absolute Gasteiger partial charge is 0.258 e. The van der Waals surface area contributed by atoms with E-state index in [1.54, 1.807) is 18.2 Å². The van der Waals surface area contributed by atoms with Crippen LogP contribution in [-0.2, 0) is 0 Å². The van der Waals surface area contributed by atoms with Crippen LogP contribution in [-0.4, -0.2) is 29.0 Å². The number of carbonyl (C=O) groups excluding carboxylic acids is 1. The topological polar surface area (TPSA) is 66.6 Å². The van der Waals surface area contributed by atoms with Crippen molar-refractivity contribution >= 4 is 11.6 Å². The minimum Gasteiger partial charge on any atom is -0.505 e. The number of carbonyl (C=O) groups is 1. The summed E-state index contributed by atoms with van der Waals surface area (Å²) in [6.45, 7) is 7.94. The lowest BCUT2D eigenvalue weighted by molar-refractivity contribution is 0.0788. The Hall–Kier alpha value is -2.23. The molecule has 0 fully saturated rings. The van der Waals surface area contributed by atoms with Gasteiger partial charge in [-0.2, -0.15) is 0 Å². The number of phenolic OH excluding ortho intramolecular Hbond substituents is 1. The zero-order chi connectivity index (χ0) is 12.8. The summed E-state index contributed by atoms with van der Waals surface area (Å²) in [4.78, 5) is 13.6. The summed E-state index contributed by atoms with van der Waals surface area (Å²) in [5.74, 6) is -0.481. The molecule has 0 unspecified atom stereocenters. The fraction of sp³-hybridized carbons (Fsp3) is 0.154. The second-order valence-corrected chi connectivity index (χ2v) is 3.53. The van der Waals surface area contributed by atoms with Crippen molar-refractivity contribution in [3.8, 4) is 5.75 Å². The molecule has 17 heavy (non-hydrogen) atoms. The van der Waals surface area contributed by atoms with Gasteiger partial charge in [0.1, 0.15) is 0 Å². The summed E-state index contributed by atoms with van der Waals surface area (Å²) in [5, 5.41) is 9.73. The van der Waals surface area contributed by atoms with E-state index >= 15 is 0 Å². The van der Waals surface area contributed by atoms with E-state index in [2.05, 4.69) is 13.2 Å². The number of nitrogens with two attached hydrogens (primary N) is 1. The first-order chi connectivity index (χ1) is 8.11. The number of nitrogen functional groups attached to an aromatic ring is 1. The molecule has 4 nitrogen and oxygen atoms in total. The Morgan fingerprint density at radius 3 is 2.47 bits per heavy atom. The van der Waals surface area contributed by atoms with Gasteiger partial charge in [-0.3, -0.25) is 4.79 Å². The Balaban J connectivity index is 3.04. The van der Waals surface area contributed by atoms with Crippen molar-refractivity contribution in [1.29, 1.82) is 0 Å². The minimum atomic E-state index is -0.297. The molecule has 0 atom stereocenters. The van der Waals surface area contributed by atoms with Gasteiger partial charge in [0.05, 0.1) is 11.3 Å². The average molecular weight is 232 g/mol. The largest absolute Gasteiger partial charge is 0.505 e. The zero-order valence-corrected chi connectivity index (χ0v) is 9.60. The molecule has 1 amide bonds. The summed E-state index contributed by atoms with van der Waals surface area (Å²) >= 11 is 0. The third kappa shape index (κ3) is 2.87. The molecule has 0 radical (unpaired) electrons. The van der Waals surface area contributed by atoms with E-state index in [4.69, 9.17) is 5.73 Å². The Morgan fingerprint density at radius 1 is 1.35 bits per heavy atom. The van der Waals surface area contributed by atoms with Crippen molar-refractivity contribution in [2.45, 2.75) is 0 Å². The van der Waals surface area contributed by atoms with Crippen molar-refractivity contribution in [3.05, 3.63) is 49.1 Å². The quantitative estimate of drug-likeness (QED) is 0.462. The lowest BCUT2D eigenvalue weighted by Crippen LogP contribution is -2.31. The molecule has 0 aliphatic rings. The number of hydrogen-bond donors (Lipinski definition) is 2. The van der Waals surface area contributed by atoms with Crippen LogP contribution in [0.25, 0.3) is 0 Å². The summed E-state index contributed by atoms with van der Waals surface area (Å²) < 4.78 is 0. The van der Waals surface area contributed by atoms with E-state index in [0.29, 0.717) is 13.1 Å². The molecule has 0 saturated heterocycles. The van der Waals surface area contributed by atoms with Gasteiger partial charge in [-0.1, -0.05) is 18.2 Å².